The third-order valence-electron chi connectivity index (χ3n) is 5.08. The molecule has 7 heteroatoms. The molecule has 2 aromatic carbocycles. The Kier molecular flexibility index (Phi) is 6.13. The van der Waals surface area contributed by atoms with Crippen LogP contribution in [-0.2, 0) is 11.3 Å². The first-order chi connectivity index (χ1) is 15.0. The lowest BCUT2D eigenvalue weighted by molar-refractivity contribution is 0.0621. The minimum absolute atomic E-state index is 0.0300. The van der Waals surface area contributed by atoms with Crippen LogP contribution in [0.1, 0.15) is 28.2 Å². The van der Waals surface area contributed by atoms with Crippen molar-refractivity contribution in [3.05, 3.63) is 76.9 Å². The molecule has 0 fully saturated rings. The van der Waals surface area contributed by atoms with E-state index in [9.17, 15) is 0 Å². The summed E-state index contributed by atoms with van der Waals surface area (Å²) in [4.78, 5) is 19.4. The van der Waals surface area contributed by atoms with E-state index in [4.69, 9.17) is 19.3 Å². The molecule has 1 aliphatic rings. The van der Waals surface area contributed by atoms with Gasteiger partial charge in [-0.05, 0) is 50.5 Å². The van der Waals surface area contributed by atoms with Gasteiger partial charge in [-0.3, -0.25) is 9.83 Å². The molecule has 0 amide bonds. The summed E-state index contributed by atoms with van der Waals surface area (Å²) in [5, 5.41) is 0. The summed E-state index contributed by atoms with van der Waals surface area (Å²) in [7, 11) is 1.62. The van der Waals surface area contributed by atoms with Crippen LogP contribution in [0.5, 0.6) is 17.2 Å². The number of hydroxylamine groups is 1. The summed E-state index contributed by atoms with van der Waals surface area (Å²) in [5.41, 5.74) is 7.23. The number of methoxy groups -OCH3 is 1. The van der Waals surface area contributed by atoms with Gasteiger partial charge in [0.15, 0.2) is 17.3 Å². The average molecular weight is 418 g/mol. The van der Waals surface area contributed by atoms with Crippen molar-refractivity contribution in [3.8, 4) is 17.2 Å². The first-order valence-electron chi connectivity index (χ1n) is 10.2. The number of benzene rings is 2. The largest absolute Gasteiger partial charge is 0.497 e. The molecule has 31 heavy (non-hydrogen) atoms. The van der Waals surface area contributed by atoms with Crippen LogP contribution in [0.25, 0.3) is 0 Å². The number of rotatable bonds is 6. The van der Waals surface area contributed by atoms with Gasteiger partial charge in [-0.1, -0.05) is 29.8 Å². The zero-order chi connectivity index (χ0) is 21.8. The van der Waals surface area contributed by atoms with Gasteiger partial charge in [-0.15, -0.1) is 0 Å². The van der Waals surface area contributed by atoms with E-state index < -0.39 is 0 Å². The van der Waals surface area contributed by atoms with Crippen molar-refractivity contribution >= 4 is 5.84 Å². The average Bonchev–Trinajstić information content (AvgIpc) is 2.77. The van der Waals surface area contributed by atoms with Gasteiger partial charge >= 0.3 is 0 Å². The van der Waals surface area contributed by atoms with Crippen molar-refractivity contribution in [2.75, 3.05) is 13.7 Å². The Labute approximate surface area is 182 Å². The molecule has 0 saturated carbocycles. The number of amidine groups is 1. The van der Waals surface area contributed by atoms with Crippen molar-refractivity contribution < 1.29 is 14.3 Å². The number of nitrogens with zero attached hydrogens (tertiary/aromatic N) is 3. The quantitative estimate of drug-likeness (QED) is 0.650. The Morgan fingerprint density at radius 2 is 1.94 bits per heavy atom. The van der Waals surface area contributed by atoms with Crippen molar-refractivity contribution in [2.45, 2.75) is 33.2 Å². The molecule has 0 bridgehead atoms. The second-order valence-electron chi connectivity index (χ2n) is 7.59. The number of hydrogen-bond acceptors (Lipinski definition) is 7. The molecule has 160 valence electrons. The number of aryl methyl sites for hydroxylation is 3. The molecule has 0 radical (unpaired) electrons. The molecule has 7 nitrogen and oxygen atoms in total. The number of hydrogen-bond donors (Lipinski definition) is 1. The van der Waals surface area contributed by atoms with Crippen LogP contribution in [0.3, 0.4) is 0 Å². The van der Waals surface area contributed by atoms with Gasteiger partial charge < -0.3 is 9.47 Å². The van der Waals surface area contributed by atoms with Gasteiger partial charge in [0.05, 0.1) is 26.0 Å². The Hall–Kier alpha value is -3.45. The summed E-state index contributed by atoms with van der Waals surface area (Å²) < 4.78 is 11.3. The van der Waals surface area contributed by atoms with Crippen molar-refractivity contribution in [2.24, 2.45) is 4.99 Å². The van der Waals surface area contributed by atoms with E-state index in [1.807, 2.05) is 25.1 Å². The fraction of sp³-hybridized carbons (Fsp3) is 0.292. The van der Waals surface area contributed by atoms with Crippen LogP contribution < -0.4 is 15.0 Å². The Bertz CT molecular complexity index is 1110. The normalized spacial score (nSPS) is 15.7. The minimum atomic E-state index is -0.0300. The molecule has 4 rings (SSSR count). The molecule has 0 spiro atoms. The standard InChI is InChI=1S/C24H26N4O3/c1-15-8-9-18(16(2)10-15)11-19-14-30-28-24(27-19)23-22(13-25-17(3)26-23)31-21-7-5-6-20(12-21)29-4/h5-10,12-13,19H,11,14H2,1-4H3,(H,27,28)/t19-/m1/s1. The second kappa shape index (κ2) is 9.14. The fourth-order valence-corrected chi connectivity index (χ4v) is 3.49. The van der Waals surface area contributed by atoms with Gasteiger partial charge in [0.25, 0.3) is 0 Å². The monoisotopic (exact) mass is 418 g/mol. The predicted octanol–water partition coefficient (Wildman–Crippen LogP) is 4.10. The van der Waals surface area contributed by atoms with Crippen molar-refractivity contribution in [1.29, 1.82) is 0 Å². The highest BCUT2D eigenvalue weighted by molar-refractivity contribution is 5.99. The number of nitrogens with one attached hydrogen (secondary N) is 1. The van der Waals surface area contributed by atoms with E-state index in [-0.39, 0.29) is 6.04 Å². The Balaban J connectivity index is 1.62. The van der Waals surface area contributed by atoms with E-state index in [0.29, 0.717) is 41.2 Å². The number of ether oxygens (including phenoxy) is 2. The van der Waals surface area contributed by atoms with E-state index >= 15 is 0 Å². The van der Waals surface area contributed by atoms with Gasteiger partial charge in [-0.25, -0.2) is 15.4 Å². The molecule has 2 heterocycles. The van der Waals surface area contributed by atoms with E-state index in [1.54, 1.807) is 19.4 Å². The second-order valence-corrected chi connectivity index (χ2v) is 7.59. The Morgan fingerprint density at radius 3 is 2.74 bits per heavy atom. The van der Waals surface area contributed by atoms with E-state index in [2.05, 4.69) is 47.5 Å². The predicted molar refractivity (Wildman–Crippen MR) is 119 cm³/mol. The molecule has 0 aliphatic carbocycles. The summed E-state index contributed by atoms with van der Waals surface area (Å²) in [6.07, 6.45) is 2.43. The summed E-state index contributed by atoms with van der Waals surface area (Å²) >= 11 is 0. The smallest absolute Gasteiger partial charge is 0.175 e. The highest BCUT2D eigenvalue weighted by Crippen LogP contribution is 2.27. The molecular formula is C24H26N4O3. The lowest BCUT2D eigenvalue weighted by atomic mass is 9.99. The van der Waals surface area contributed by atoms with Crippen LogP contribution in [0.15, 0.2) is 53.7 Å². The third kappa shape index (κ3) is 5.00. The molecule has 1 atom stereocenters. The van der Waals surface area contributed by atoms with Gasteiger partial charge in [-0.2, -0.15) is 0 Å². The fourth-order valence-electron chi connectivity index (χ4n) is 3.49. The zero-order valence-corrected chi connectivity index (χ0v) is 18.2. The lowest BCUT2D eigenvalue weighted by Gasteiger charge is -2.23. The Morgan fingerprint density at radius 1 is 1.10 bits per heavy atom. The minimum Gasteiger partial charge on any atom is -0.497 e. The van der Waals surface area contributed by atoms with Gasteiger partial charge in [0, 0.05) is 6.07 Å². The van der Waals surface area contributed by atoms with Gasteiger partial charge in [0.1, 0.15) is 17.3 Å². The zero-order valence-electron chi connectivity index (χ0n) is 18.2. The van der Waals surface area contributed by atoms with Crippen molar-refractivity contribution in [1.82, 2.24) is 15.4 Å². The van der Waals surface area contributed by atoms with Crippen LogP contribution in [-0.4, -0.2) is 35.6 Å². The SMILES string of the molecule is COc1cccc(Oc2cnc(C)nc2C2=N[C@H](Cc3ccc(C)cc3C)CON2)c1. The molecule has 1 N–H and O–H groups in total. The molecule has 3 aromatic rings. The summed E-state index contributed by atoms with van der Waals surface area (Å²) in [5.74, 6) is 2.97. The van der Waals surface area contributed by atoms with Crippen LogP contribution in [0.4, 0.5) is 0 Å². The maximum Gasteiger partial charge on any atom is 0.175 e. The number of aromatic nitrogens is 2. The van der Waals surface area contributed by atoms with Crippen LogP contribution in [0, 0.1) is 20.8 Å². The molecule has 1 aromatic heterocycles. The van der Waals surface area contributed by atoms with Crippen LogP contribution in [0.2, 0.25) is 0 Å². The third-order valence-corrected chi connectivity index (χ3v) is 5.08. The van der Waals surface area contributed by atoms with Crippen molar-refractivity contribution in [3.63, 3.8) is 0 Å². The first kappa shape index (κ1) is 20.8. The topological polar surface area (TPSA) is 77.9 Å². The van der Waals surface area contributed by atoms with E-state index in [1.165, 1.54) is 16.7 Å². The maximum atomic E-state index is 6.06. The highest BCUT2D eigenvalue weighted by atomic mass is 16.6. The molecule has 1 aliphatic heterocycles. The lowest BCUT2D eigenvalue weighted by Crippen LogP contribution is -2.37. The maximum absolute atomic E-state index is 6.06. The summed E-state index contributed by atoms with van der Waals surface area (Å²) in [6.45, 7) is 6.54. The van der Waals surface area contributed by atoms with Crippen LogP contribution >= 0.6 is 0 Å². The van der Waals surface area contributed by atoms with Gasteiger partial charge in [0.2, 0.25) is 0 Å². The number of aliphatic imine (C=N–C) groups is 1. The molecule has 0 unspecified atom stereocenters. The van der Waals surface area contributed by atoms with E-state index in [0.717, 1.165) is 6.42 Å². The molecular weight excluding hydrogens is 392 g/mol. The highest BCUT2D eigenvalue weighted by Gasteiger charge is 2.22. The first-order valence-corrected chi connectivity index (χ1v) is 10.2. The summed E-state index contributed by atoms with van der Waals surface area (Å²) in [6, 6.07) is 13.8. The molecule has 0 saturated heterocycles.